The molecule has 0 saturated carbocycles. The summed E-state index contributed by atoms with van der Waals surface area (Å²) >= 11 is 0. The predicted octanol–water partition coefficient (Wildman–Crippen LogP) is 2.26. The van der Waals surface area contributed by atoms with Crippen molar-refractivity contribution in [1.82, 2.24) is 9.97 Å². The average molecular weight is 227 g/mol. The Morgan fingerprint density at radius 3 is 2.76 bits per heavy atom. The molecule has 0 unspecified atom stereocenters. The van der Waals surface area contributed by atoms with Crippen LogP contribution in [0.4, 0.5) is 0 Å². The monoisotopic (exact) mass is 227 g/mol. The molecule has 1 heterocycles. The summed E-state index contributed by atoms with van der Waals surface area (Å²) < 4.78 is 0. The van der Waals surface area contributed by atoms with Crippen molar-refractivity contribution in [3.63, 3.8) is 0 Å². The first-order valence-corrected chi connectivity index (χ1v) is 5.80. The van der Waals surface area contributed by atoms with Gasteiger partial charge in [0.15, 0.2) is 0 Å². The van der Waals surface area contributed by atoms with Gasteiger partial charge < -0.3 is 5.73 Å². The van der Waals surface area contributed by atoms with Gasteiger partial charge in [0.1, 0.15) is 5.82 Å². The Balaban J connectivity index is 2.45. The second kappa shape index (κ2) is 5.06. The smallest absolute Gasteiger partial charge is 0.130 e. The molecule has 0 radical (unpaired) electrons. The number of rotatable bonds is 3. The zero-order valence-corrected chi connectivity index (χ0v) is 10.3. The van der Waals surface area contributed by atoms with Crippen LogP contribution in [0.3, 0.4) is 0 Å². The van der Waals surface area contributed by atoms with Gasteiger partial charge in [0.25, 0.3) is 0 Å². The molecule has 1 aromatic carbocycles. The molecule has 2 N–H and O–H groups in total. The molecule has 2 aromatic rings. The lowest BCUT2D eigenvalue weighted by molar-refractivity contribution is 0.869. The summed E-state index contributed by atoms with van der Waals surface area (Å²) in [5.41, 5.74) is 10.1. The van der Waals surface area contributed by atoms with Gasteiger partial charge in [-0.25, -0.2) is 9.97 Å². The first-order chi connectivity index (χ1) is 8.20. The average Bonchev–Trinajstić information content (AvgIpc) is 2.33. The number of hydrogen-bond acceptors (Lipinski definition) is 3. The summed E-state index contributed by atoms with van der Waals surface area (Å²) in [7, 11) is 0. The molecular weight excluding hydrogens is 210 g/mol. The van der Waals surface area contributed by atoms with Gasteiger partial charge in [-0.15, -0.1) is 0 Å². The van der Waals surface area contributed by atoms with Crippen molar-refractivity contribution < 1.29 is 0 Å². The second-order valence-electron chi connectivity index (χ2n) is 4.22. The molecule has 17 heavy (non-hydrogen) atoms. The van der Waals surface area contributed by atoms with Crippen LogP contribution >= 0.6 is 0 Å². The van der Waals surface area contributed by atoms with Gasteiger partial charge >= 0.3 is 0 Å². The van der Waals surface area contributed by atoms with Gasteiger partial charge in [-0.05, 0) is 38.1 Å². The first-order valence-electron chi connectivity index (χ1n) is 5.80. The van der Waals surface area contributed by atoms with E-state index in [1.807, 2.05) is 6.07 Å². The zero-order valence-electron chi connectivity index (χ0n) is 10.3. The Hall–Kier alpha value is -1.74. The Labute approximate surface area is 102 Å². The molecule has 0 spiro atoms. The second-order valence-corrected chi connectivity index (χ2v) is 4.22. The predicted molar refractivity (Wildman–Crippen MR) is 69.7 cm³/mol. The molecule has 0 bridgehead atoms. The number of nitrogens with two attached hydrogens (primary N) is 1. The van der Waals surface area contributed by atoms with Gasteiger partial charge in [-0.1, -0.05) is 17.7 Å². The molecule has 0 atom stereocenters. The molecule has 2 rings (SSSR count). The highest BCUT2D eigenvalue weighted by Gasteiger charge is 2.05. The fourth-order valence-corrected chi connectivity index (χ4v) is 1.81. The fourth-order valence-electron chi connectivity index (χ4n) is 1.81. The maximum absolute atomic E-state index is 5.52. The first kappa shape index (κ1) is 11.7. The molecule has 88 valence electrons. The lowest BCUT2D eigenvalue weighted by Crippen LogP contribution is -2.06. The Morgan fingerprint density at radius 2 is 2.00 bits per heavy atom. The minimum Gasteiger partial charge on any atom is -0.330 e. The van der Waals surface area contributed by atoms with Crippen molar-refractivity contribution in [3.8, 4) is 11.3 Å². The molecule has 0 aliphatic rings. The largest absolute Gasteiger partial charge is 0.330 e. The van der Waals surface area contributed by atoms with Gasteiger partial charge in [0, 0.05) is 18.2 Å². The molecule has 0 saturated heterocycles. The summed E-state index contributed by atoms with van der Waals surface area (Å²) in [6, 6.07) is 8.34. The molecule has 0 aliphatic heterocycles. The zero-order chi connectivity index (χ0) is 12.3. The van der Waals surface area contributed by atoms with Gasteiger partial charge in [0.05, 0.1) is 5.69 Å². The summed E-state index contributed by atoms with van der Waals surface area (Å²) in [6.45, 7) is 4.76. The SMILES string of the molecule is Cc1ccc(C)c(-c2ccnc(CCN)n2)c1. The molecule has 0 fully saturated rings. The maximum atomic E-state index is 5.52. The van der Waals surface area contributed by atoms with Crippen molar-refractivity contribution >= 4 is 0 Å². The van der Waals surface area contributed by atoms with Crippen LogP contribution in [0.5, 0.6) is 0 Å². The van der Waals surface area contributed by atoms with E-state index in [-0.39, 0.29) is 0 Å². The molecule has 3 heteroatoms. The summed E-state index contributed by atoms with van der Waals surface area (Å²) in [5, 5.41) is 0. The van der Waals surface area contributed by atoms with Crippen LogP contribution < -0.4 is 5.73 Å². The van der Waals surface area contributed by atoms with Crippen LogP contribution in [-0.2, 0) is 6.42 Å². The Morgan fingerprint density at radius 1 is 1.18 bits per heavy atom. The Bertz CT molecular complexity index is 521. The lowest BCUT2D eigenvalue weighted by atomic mass is 10.0. The van der Waals surface area contributed by atoms with E-state index in [9.17, 15) is 0 Å². The van der Waals surface area contributed by atoms with Crippen LogP contribution in [0.1, 0.15) is 17.0 Å². The highest BCUT2D eigenvalue weighted by atomic mass is 14.9. The van der Waals surface area contributed by atoms with Crippen molar-refractivity contribution in [2.24, 2.45) is 5.73 Å². The summed E-state index contributed by atoms with van der Waals surface area (Å²) in [5.74, 6) is 0.811. The third-order valence-electron chi connectivity index (χ3n) is 2.74. The number of aryl methyl sites for hydroxylation is 2. The van der Waals surface area contributed by atoms with Crippen LogP contribution in [0.25, 0.3) is 11.3 Å². The Kier molecular flexibility index (Phi) is 3.49. The molecule has 0 aliphatic carbocycles. The van der Waals surface area contributed by atoms with Gasteiger partial charge in [-0.3, -0.25) is 0 Å². The van der Waals surface area contributed by atoms with Crippen molar-refractivity contribution in [1.29, 1.82) is 0 Å². The van der Waals surface area contributed by atoms with Crippen LogP contribution in [0, 0.1) is 13.8 Å². The third kappa shape index (κ3) is 2.68. The topological polar surface area (TPSA) is 51.8 Å². The minimum atomic E-state index is 0.580. The van der Waals surface area contributed by atoms with Crippen molar-refractivity contribution in [3.05, 3.63) is 47.4 Å². The highest BCUT2D eigenvalue weighted by molar-refractivity contribution is 5.64. The minimum absolute atomic E-state index is 0.580. The van der Waals surface area contributed by atoms with E-state index in [1.165, 1.54) is 16.7 Å². The lowest BCUT2D eigenvalue weighted by Gasteiger charge is -2.07. The normalized spacial score (nSPS) is 10.5. The van der Waals surface area contributed by atoms with E-state index in [1.54, 1.807) is 6.20 Å². The number of hydrogen-bond donors (Lipinski definition) is 1. The molecular formula is C14H17N3. The van der Waals surface area contributed by atoms with E-state index >= 15 is 0 Å². The van der Waals surface area contributed by atoms with E-state index < -0.39 is 0 Å². The van der Waals surface area contributed by atoms with E-state index in [4.69, 9.17) is 5.73 Å². The quantitative estimate of drug-likeness (QED) is 0.875. The van der Waals surface area contributed by atoms with Gasteiger partial charge in [-0.2, -0.15) is 0 Å². The molecule has 3 nitrogen and oxygen atoms in total. The van der Waals surface area contributed by atoms with Crippen molar-refractivity contribution in [2.45, 2.75) is 20.3 Å². The van der Waals surface area contributed by atoms with E-state index in [0.717, 1.165) is 17.9 Å². The van der Waals surface area contributed by atoms with Gasteiger partial charge in [0.2, 0.25) is 0 Å². The third-order valence-corrected chi connectivity index (χ3v) is 2.74. The van der Waals surface area contributed by atoms with E-state index in [0.29, 0.717) is 6.54 Å². The van der Waals surface area contributed by atoms with Crippen LogP contribution in [0.15, 0.2) is 30.5 Å². The molecule has 0 amide bonds. The fraction of sp³-hybridized carbons (Fsp3) is 0.286. The standard InChI is InChI=1S/C14H17N3/c1-10-3-4-11(2)12(9-10)13-6-8-16-14(17-13)5-7-15/h3-4,6,8-9H,5,7,15H2,1-2H3. The maximum Gasteiger partial charge on any atom is 0.130 e. The number of aromatic nitrogens is 2. The van der Waals surface area contributed by atoms with Crippen LogP contribution in [-0.4, -0.2) is 16.5 Å². The number of nitrogens with zero attached hydrogens (tertiary/aromatic N) is 2. The summed E-state index contributed by atoms with van der Waals surface area (Å²) in [4.78, 5) is 8.76. The number of benzene rings is 1. The van der Waals surface area contributed by atoms with Crippen molar-refractivity contribution in [2.75, 3.05) is 6.54 Å². The highest BCUT2D eigenvalue weighted by Crippen LogP contribution is 2.22. The molecule has 1 aromatic heterocycles. The van der Waals surface area contributed by atoms with E-state index in [2.05, 4.69) is 42.0 Å². The van der Waals surface area contributed by atoms with Crippen LogP contribution in [0.2, 0.25) is 0 Å². The summed E-state index contributed by atoms with van der Waals surface area (Å²) in [6.07, 6.45) is 2.52.